The number of ether oxygens (including phenoxy) is 1. The van der Waals surface area contributed by atoms with Crippen molar-refractivity contribution in [1.29, 1.82) is 0 Å². The molecule has 1 heterocycles. The summed E-state index contributed by atoms with van der Waals surface area (Å²) in [6.07, 6.45) is 0. The summed E-state index contributed by atoms with van der Waals surface area (Å²) in [5.74, 6) is 0.324. The molecule has 0 bridgehead atoms. The molecule has 7 nitrogen and oxygen atoms in total. The van der Waals surface area contributed by atoms with Gasteiger partial charge in [0.05, 0.1) is 19.3 Å². The molecule has 0 saturated heterocycles. The molecule has 4 aromatic rings. The lowest BCUT2D eigenvalue weighted by atomic mass is 10.2. The summed E-state index contributed by atoms with van der Waals surface area (Å²) in [5, 5.41) is 14.3. The maximum Gasteiger partial charge on any atom is 0.319 e. The second kappa shape index (κ2) is 11.0. The smallest absolute Gasteiger partial charge is 0.319 e. The first-order chi connectivity index (χ1) is 16.9. The van der Waals surface area contributed by atoms with Gasteiger partial charge in [-0.15, -0.1) is 10.2 Å². The lowest BCUT2D eigenvalue weighted by Gasteiger charge is -2.12. The molecule has 0 aliphatic carbocycles. The average molecular weight is 496 g/mol. The molecule has 3 aromatic carbocycles. The van der Waals surface area contributed by atoms with Gasteiger partial charge in [0.25, 0.3) is 0 Å². The van der Waals surface area contributed by atoms with Crippen molar-refractivity contribution in [2.45, 2.75) is 24.4 Å². The number of benzene rings is 3. The van der Waals surface area contributed by atoms with Gasteiger partial charge >= 0.3 is 6.03 Å². The summed E-state index contributed by atoms with van der Waals surface area (Å²) in [6, 6.07) is 17.9. The second-order valence-corrected chi connectivity index (χ2v) is 8.58. The predicted molar refractivity (Wildman–Crippen MR) is 131 cm³/mol. The third-order valence-electron chi connectivity index (χ3n) is 5.08. The van der Waals surface area contributed by atoms with E-state index in [2.05, 4.69) is 20.8 Å². The topological polar surface area (TPSA) is 81.1 Å². The van der Waals surface area contributed by atoms with E-state index >= 15 is 0 Å². The number of urea groups is 1. The van der Waals surface area contributed by atoms with E-state index in [1.807, 2.05) is 60.0 Å². The van der Waals surface area contributed by atoms with E-state index < -0.39 is 17.7 Å². The van der Waals surface area contributed by atoms with Crippen LogP contribution in [0.5, 0.6) is 5.75 Å². The van der Waals surface area contributed by atoms with Gasteiger partial charge in [-0.2, -0.15) is 0 Å². The first kappa shape index (κ1) is 24.2. The number of amides is 2. The molecule has 180 valence electrons. The SMILES string of the molecule is COc1cccc(CSc2nnc(CNC(=O)Nc3ccc(F)cc3F)n2-c2ccc(C)cc2)c1. The van der Waals surface area contributed by atoms with E-state index in [1.165, 1.54) is 11.8 Å². The van der Waals surface area contributed by atoms with Gasteiger partial charge in [0.2, 0.25) is 0 Å². The minimum atomic E-state index is -0.862. The second-order valence-electron chi connectivity index (χ2n) is 7.64. The van der Waals surface area contributed by atoms with Crippen molar-refractivity contribution in [1.82, 2.24) is 20.1 Å². The third kappa shape index (κ3) is 6.15. The molecule has 1 aromatic heterocycles. The standard InChI is InChI=1S/C25H23F2N5O2S/c1-16-6-9-19(10-7-16)32-23(14-28-24(33)29-22-11-8-18(26)13-21(22)27)30-31-25(32)35-15-17-4-3-5-20(12-17)34-2/h3-13H,14-15H2,1-2H3,(H2,28,29,33). The van der Waals surface area contributed by atoms with Crippen molar-refractivity contribution >= 4 is 23.5 Å². The monoisotopic (exact) mass is 495 g/mol. The maximum atomic E-state index is 13.8. The van der Waals surface area contributed by atoms with Crippen LogP contribution in [0.25, 0.3) is 5.69 Å². The number of rotatable bonds is 8. The molecule has 0 atom stereocenters. The Morgan fingerprint density at radius 3 is 2.60 bits per heavy atom. The van der Waals surface area contributed by atoms with Gasteiger partial charge in [0, 0.05) is 17.5 Å². The summed E-state index contributed by atoms with van der Waals surface area (Å²) in [4.78, 5) is 12.3. The normalized spacial score (nSPS) is 10.7. The van der Waals surface area contributed by atoms with Crippen molar-refractivity contribution in [3.63, 3.8) is 0 Å². The lowest BCUT2D eigenvalue weighted by molar-refractivity contribution is 0.251. The van der Waals surface area contributed by atoms with Gasteiger partial charge < -0.3 is 15.4 Å². The van der Waals surface area contributed by atoms with Crippen molar-refractivity contribution in [2.24, 2.45) is 0 Å². The Morgan fingerprint density at radius 2 is 1.86 bits per heavy atom. The Balaban J connectivity index is 1.51. The predicted octanol–water partition coefficient (Wildman–Crippen LogP) is 5.48. The summed E-state index contributed by atoms with van der Waals surface area (Å²) in [6.45, 7) is 2.03. The van der Waals surface area contributed by atoms with Gasteiger partial charge in [-0.05, 0) is 48.9 Å². The molecule has 0 aliphatic heterocycles. The van der Waals surface area contributed by atoms with Crippen molar-refractivity contribution < 1.29 is 18.3 Å². The van der Waals surface area contributed by atoms with E-state index in [0.29, 0.717) is 22.8 Å². The molecule has 0 aliphatic rings. The maximum absolute atomic E-state index is 13.8. The van der Waals surface area contributed by atoms with Crippen LogP contribution >= 0.6 is 11.8 Å². The van der Waals surface area contributed by atoms with Crippen LogP contribution in [0.4, 0.5) is 19.3 Å². The number of hydrogen-bond acceptors (Lipinski definition) is 5. The van der Waals surface area contributed by atoms with Gasteiger partial charge in [-0.25, -0.2) is 13.6 Å². The molecule has 0 radical (unpaired) electrons. The van der Waals surface area contributed by atoms with Gasteiger partial charge in [0.1, 0.15) is 17.4 Å². The van der Waals surface area contributed by atoms with Crippen LogP contribution in [-0.4, -0.2) is 27.9 Å². The average Bonchev–Trinajstić information content (AvgIpc) is 3.26. The highest BCUT2D eigenvalue weighted by atomic mass is 32.2. The van der Waals surface area contributed by atoms with Crippen LogP contribution in [-0.2, 0) is 12.3 Å². The first-order valence-electron chi connectivity index (χ1n) is 10.7. The van der Waals surface area contributed by atoms with E-state index in [1.54, 1.807) is 7.11 Å². The number of aromatic nitrogens is 3. The quantitative estimate of drug-likeness (QED) is 0.317. The van der Waals surface area contributed by atoms with E-state index in [0.717, 1.165) is 34.7 Å². The van der Waals surface area contributed by atoms with Gasteiger partial charge in [-0.3, -0.25) is 4.57 Å². The highest BCUT2D eigenvalue weighted by Crippen LogP contribution is 2.27. The zero-order valence-corrected chi connectivity index (χ0v) is 19.9. The van der Waals surface area contributed by atoms with Crippen LogP contribution in [0.1, 0.15) is 17.0 Å². The number of nitrogens with one attached hydrogen (secondary N) is 2. The number of hydrogen-bond donors (Lipinski definition) is 2. The number of aryl methyl sites for hydroxylation is 1. The molecule has 2 amide bonds. The summed E-state index contributed by atoms with van der Waals surface area (Å²) in [7, 11) is 1.63. The zero-order chi connectivity index (χ0) is 24.8. The minimum Gasteiger partial charge on any atom is -0.497 e. The van der Waals surface area contributed by atoms with E-state index in [-0.39, 0.29) is 12.2 Å². The van der Waals surface area contributed by atoms with Crippen molar-refractivity contribution in [2.75, 3.05) is 12.4 Å². The van der Waals surface area contributed by atoms with Crippen molar-refractivity contribution in [3.05, 3.63) is 95.3 Å². The highest BCUT2D eigenvalue weighted by molar-refractivity contribution is 7.98. The number of methoxy groups -OCH3 is 1. The Morgan fingerprint density at radius 1 is 1.06 bits per heavy atom. The molecule has 0 spiro atoms. The minimum absolute atomic E-state index is 0.0369. The molecule has 2 N–H and O–H groups in total. The fourth-order valence-electron chi connectivity index (χ4n) is 3.29. The van der Waals surface area contributed by atoms with Crippen LogP contribution in [0.15, 0.2) is 71.9 Å². The molecule has 4 rings (SSSR count). The Labute approximate surface area is 205 Å². The molecule has 35 heavy (non-hydrogen) atoms. The Kier molecular flexibility index (Phi) is 7.61. The molecule has 10 heteroatoms. The Bertz CT molecular complexity index is 1330. The third-order valence-corrected chi connectivity index (χ3v) is 6.08. The van der Waals surface area contributed by atoms with Crippen molar-refractivity contribution in [3.8, 4) is 11.4 Å². The van der Waals surface area contributed by atoms with Crippen LogP contribution in [0.3, 0.4) is 0 Å². The van der Waals surface area contributed by atoms with Gasteiger partial charge in [0.15, 0.2) is 11.0 Å². The molecular weight excluding hydrogens is 472 g/mol. The van der Waals surface area contributed by atoms with E-state index in [4.69, 9.17) is 4.74 Å². The first-order valence-corrected chi connectivity index (χ1v) is 11.7. The number of thioether (sulfide) groups is 1. The molecular formula is C25H23F2N5O2S. The van der Waals surface area contributed by atoms with Crippen LogP contribution in [0, 0.1) is 18.6 Å². The molecule has 0 unspecified atom stereocenters. The number of anilines is 1. The number of carbonyl (C=O) groups is 1. The number of halogens is 2. The molecule has 0 saturated carbocycles. The fraction of sp³-hybridized carbons (Fsp3) is 0.160. The molecule has 0 fully saturated rings. The summed E-state index contributed by atoms with van der Waals surface area (Å²) < 4.78 is 34.1. The van der Waals surface area contributed by atoms with E-state index in [9.17, 15) is 13.6 Å². The summed E-state index contributed by atoms with van der Waals surface area (Å²) in [5.41, 5.74) is 2.88. The zero-order valence-electron chi connectivity index (χ0n) is 19.1. The van der Waals surface area contributed by atoms with Crippen LogP contribution < -0.4 is 15.4 Å². The lowest BCUT2D eigenvalue weighted by Crippen LogP contribution is -2.29. The largest absolute Gasteiger partial charge is 0.497 e. The van der Waals surface area contributed by atoms with Gasteiger partial charge in [-0.1, -0.05) is 41.6 Å². The Hall–Kier alpha value is -3.92. The fourth-order valence-corrected chi connectivity index (χ4v) is 4.20. The number of carbonyl (C=O) groups excluding carboxylic acids is 1. The number of nitrogens with zero attached hydrogens (tertiary/aromatic N) is 3. The summed E-state index contributed by atoms with van der Waals surface area (Å²) >= 11 is 1.50. The van der Waals surface area contributed by atoms with Crippen LogP contribution in [0.2, 0.25) is 0 Å². The highest BCUT2D eigenvalue weighted by Gasteiger charge is 2.16.